The Morgan fingerprint density at radius 3 is 3.00 bits per heavy atom. The van der Waals surface area contributed by atoms with E-state index < -0.39 is 0 Å². The summed E-state index contributed by atoms with van der Waals surface area (Å²) in [6.45, 7) is 0. The zero-order valence-electron chi connectivity index (χ0n) is 7.72. The molecule has 0 spiro atoms. The Morgan fingerprint density at radius 2 is 2.20 bits per heavy atom. The highest BCUT2D eigenvalue weighted by molar-refractivity contribution is 7.13. The van der Waals surface area contributed by atoms with Crippen molar-refractivity contribution in [3.8, 4) is 10.6 Å². The van der Waals surface area contributed by atoms with Gasteiger partial charge in [0.25, 0.3) is 0 Å². The second-order valence-electron chi connectivity index (χ2n) is 3.17. The second-order valence-corrected chi connectivity index (χ2v) is 4.53. The molecule has 0 aliphatic rings. The summed E-state index contributed by atoms with van der Waals surface area (Å²) in [7, 11) is 0. The van der Waals surface area contributed by atoms with Crippen LogP contribution in [0.4, 0.5) is 0 Å². The van der Waals surface area contributed by atoms with Crippen LogP contribution in [-0.2, 0) is 0 Å². The maximum absolute atomic E-state index is 6.05. The van der Waals surface area contributed by atoms with Gasteiger partial charge in [0.1, 0.15) is 0 Å². The summed E-state index contributed by atoms with van der Waals surface area (Å²) in [5.41, 5.74) is 1.89. The van der Waals surface area contributed by atoms with Crippen LogP contribution in [0.5, 0.6) is 0 Å². The molecule has 0 unspecified atom stereocenters. The number of halogens is 1. The summed E-state index contributed by atoms with van der Waals surface area (Å²) < 4.78 is 2.01. The van der Waals surface area contributed by atoms with E-state index in [0.29, 0.717) is 5.02 Å². The monoisotopic (exact) mass is 234 g/mol. The lowest BCUT2D eigenvalue weighted by Crippen LogP contribution is -1.85. The van der Waals surface area contributed by atoms with E-state index in [2.05, 4.69) is 16.4 Å². The lowest BCUT2D eigenvalue weighted by atomic mass is 10.3. The predicted molar refractivity (Wildman–Crippen MR) is 63.5 cm³/mol. The van der Waals surface area contributed by atoms with E-state index in [-0.39, 0.29) is 0 Å². The minimum absolute atomic E-state index is 0.681. The molecule has 0 saturated carbocycles. The van der Waals surface area contributed by atoms with Crippen LogP contribution in [0.3, 0.4) is 0 Å². The molecule has 0 aliphatic heterocycles. The van der Waals surface area contributed by atoms with Gasteiger partial charge < -0.3 is 0 Å². The van der Waals surface area contributed by atoms with E-state index in [9.17, 15) is 0 Å². The molecular formula is C11H7ClN2S. The molecule has 4 heteroatoms. The number of imidazole rings is 1. The van der Waals surface area contributed by atoms with Gasteiger partial charge in [0.2, 0.25) is 0 Å². The van der Waals surface area contributed by atoms with Gasteiger partial charge >= 0.3 is 0 Å². The summed E-state index contributed by atoms with van der Waals surface area (Å²) in [6, 6.07) is 7.88. The fraction of sp³-hybridized carbons (Fsp3) is 0. The quantitative estimate of drug-likeness (QED) is 0.627. The maximum Gasteiger partial charge on any atom is 0.156 e. The van der Waals surface area contributed by atoms with Gasteiger partial charge in [0.05, 0.1) is 21.8 Å². The lowest BCUT2D eigenvalue weighted by Gasteiger charge is -1.98. The molecule has 0 amide bonds. The van der Waals surface area contributed by atoms with Crippen molar-refractivity contribution >= 4 is 28.6 Å². The zero-order valence-corrected chi connectivity index (χ0v) is 9.29. The molecule has 3 aromatic rings. The predicted octanol–water partition coefficient (Wildman–Crippen LogP) is 3.72. The molecule has 0 aromatic carbocycles. The number of rotatable bonds is 1. The summed E-state index contributed by atoms with van der Waals surface area (Å²) in [4.78, 5) is 5.51. The molecule has 3 rings (SSSR count). The van der Waals surface area contributed by atoms with Crippen LogP contribution in [0.25, 0.3) is 16.2 Å². The first-order valence-electron chi connectivity index (χ1n) is 4.52. The molecule has 0 atom stereocenters. The molecule has 74 valence electrons. The van der Waals surface area contributed by atoms with Crippen LogP contribution >= 0.6 is 22.9 Å². The highest BCUT2D eigenvalue weighted by atomic mass is 35.5. The molecule has 0 bridgehead atoms. The molecule has 0 aliphatic carbocycles. The minimum Gasteiger partial charge on any atom is -0.298 e. The van der Waals surface area contributed by atoms with Gasteiger partial charge in [-0.2, -0.15) is 0 Å². The molecule has 0 saturated heterocycles. The van der Waals surface area contributed by atoms with Gasteiger partial charge in [-0.15, -0.1) is 11.3 Å². The maximum atomic E-state index is 6.05. The zero-order chi connectivity index (χ0) is 10.3. The number of hydrogen-bond donors (Lipinski definition) is 0. The Balaban J connectivity index is 2.34. The van der Waals surface area contributed by atoms with Gasteiger partial charge in [-0.3, -0.25) is 4.40 Å². The van der Waals surface area contributed by atoms with Crippen LogP contribution in [0.1, 0.15) is 0 Å². The molecular weight excluding hydrogens is 228 g/mol. The number of aromatic nitrogens is 2. The number of hydrogen-bond acceptors (Lipinski definition) is 2. The highest BCUT2D eigenvalue weighted by Gasteiger charge is 2.07. The number of fused-ring (bicyclic) bond motifs is 1. The van der Waals surface area contributed by atoms with Gasteiger partial charge in [0, 0.05) is 6.20 Å². The van der Waals surface area contributed by atoms with Crippen LogP contribution in [0.15, 0.2) is 42.0 Å². The third-order valence-electron chi connectivity index (χ3n) is 2.26. The highest BCUT2D eigenvalue weighted by Crippen LogP contribution is 2.27. The smallest absolute Gasteiger partial charge is 0.156 e. The van der Waals surface area contributed by atoms with E-state index in [4.69, 9.17) is 11.6 Å². The van der Waals surface area contributed by atoms with E-state index in [1.807, 2.05) is 35.0 Å². The SMILES string of the molecule is Clc1cccn2c(-c3cccs3)cnc12. The first kappa shape index (κ1) is 8.95. The van der Waals surface area contributed by atoms with Crippen molar-refractivity contribution in [2.45, 2.75) is 0 Å². The third kappa shape index (κ3) is 1.35. The van der Waals surface area contributed by atoms with Crippen molar-refractivity contribution in [1.82, 2.24) is 9.38 Å². The van der Waals surface area contributed by atoms with Gasteiger partial charge in [-0.25, -0.2) is 4.98 Å². The third-order valence-corrected chi connectivity index (χ3v) is 3.45. The van der Waals surface area contributed by atoms with E-state index >= 15 is 0 Å². The molecule has 3 aromatic heterocycles. The van der Waals surface area contributed by atoms with Crippen LogP contribution in [0, 0.1) is 0 Å². The van der Waals surface area contributed by atoms with Crippen molar-refractivity contribution in [3.63, 3.8) is 0 Å². The summed E-state index contributed by atoms with van der Waals surface area (Å²) >= 11 is 7.75. The van der Waals surface area contributed by atoms with Gasteiger partial charge in [-0.1, -0.05) is 17.7 Å². The number of nitrogens with zero attached hydrogens (tertiary/aromatic N) is 2. The second kappa shape index (κ2) is 3.36. The Kier molecular flexibility index (Phi) is 2.01. The average molecular weight is 235 g/mol. The van der Waals surface area contributed by atoms with Crippen LogP contribution in [0.2, 0.25) is 5.02 Å². The van der Waals surface area contributed by atoms with Crippen molar-refractivity contribution in [2.75, 3.05) is 0 Å². The van der Waals surface area contributed by atoms with Crippen LogP contribution < -0.4 is 0 Å². The fourth-order valence-electron chi connectivity index (χ4n) is 1.58. The molecule has 2 nitrogen and oxygen atoms in total. The Labute approximate surface area is 95.8 Å². The van der Waals surface area contributed by atoms with Crippen molar-refractivity contribution < 1.29 is 0 Å². The molecule has 0 N–H and O–H groups in total. The van der Waals surface area contributed by atoms with Gasteiger partial charge in [-0.05, 0) is 23.6 Å². The lowest BCUT2D eigenvalue weighted by molar-refractivity contribution is 1.20. The molecule has 3 heterocycles. The number of thiophene rings is 1. The van der Waals surface area contributed by atoms with E-state index in [0.717, 1.165) is 11.3 Å². The normalized spacial score (nSPS) is 11.0. The van der Waals surface area contributed by atoms with Crippen molar-refractivity contribution in [1.29, 1.82) is 0 Å². The van der Waals surface area contributed by atoms with Gasteiger partial charge in [0.15, 0.2) is 5.65 Å². The Bertz CT molecular complexity index is 598. The van der Waals surface area contributed by atoms with Crippen molar-refractivity contribution in [3.05, 3.63) is 47.1 Å². The molecule has 0 fully saturated rings. The topological polar surface area (TPSA) is 17.3 Å². The summed E-state index contributed by atoms with van der Waals surface area (Å²) in [5.74, 6) is 0. The van der Waals surface area contributed by atoms with E-state index in [1.165, 1.54) is 4.88 Å². The number of pyridine rings is 1. The Hall–Kier alpha value is -1.32. The van der Waals surface area contributed by atoms with Crippen molar-refractivity contribution in [2.24, 2.45) is 0 Å². The summed E-state index contributed by atoms with van der Waals surface area (Å²) in [6.07, 6.45) is 3.83. The van der Waals surface area contributed by atoms with E-state index in [1.54, 1.807) is 11.3 Å². The summed E-state index contributed by atoms with van der Waals surface area (Å²) in [5, 5.41) is 2.74. The molecule has 0 radical (unpaired) electrons. The molecule has 15 heavy (non-hydrogen) atoms. The minimum atomic E-state index is 0.681. The fourth-order valence-corrected chi connectivity index (χ4v) is 2.53. The van der Waals surface area contributed by atoms with Crippen LogP contribution in [-0.4, -0.2) is 9.38 Å². The average Bonchev–Trinajstić information content (AvgIpc) is 2.85. The Morgan fingerprint density at radius 1 is 1.27 bits per heavy atom. The standard InChI is InChI=1S/C11H7ClN2S/c12-8-3-1-5-14-9(7-13-11(8)14)10-4-2-6-15-10/h1-7H. The largest absolute Gasteiger partial charge is 0.298 e. The first-order valence-corrected chi connectivity index (χ1v) is 5.77. The first-order chi connectivity index (χ1) is 7.36.